The molecule has 3 rings (SSSR count). The molecule has 0 bridgehead atoms. The Hall–Kier alpha value is -3.35. The summed E-state index contributed by atoms with van der Waals surface area (Å²) in [4.78, 5) is 36.3. The summed E-state index contributed by atoms with van der Waals surface area (Å²) >= 11 is 0. The number of hydrogen-bond donors (Lipinski definition) is 3. The first-order valence-corrected chi connectivity index (χ1v) is 11.4. The first kappa shape index (κ1) is 24.3. The summed E-state index contributed by atoms with van der Waals surface area (Å²) < 4.78 is 5.52. The van der Waals surface area contributed by atoms with Gasteiger partial charge in [0.15, 0.2) is 0 Å². The molecular formula is C26H32N2O5. The van der Waals surface area contributed by atoms with Crippen LogP contribution in [0.5, 0.6) is 0 Å². The molecule has 1 aliphatic rings. The molecule has 2 aromatic rings. The Labute approximate surface area is 194 Å². The van der Waals surface area contributed by atoms with E-state index >= 15 is 0 Å². The number of hydrogen-bond acceptors (Lipinski definition) is 4. The lowest BCUT2D eigenvalue weighted by Gasteiger charge is -2.25. The molecular weight excluding hydrogens is 420 g/mol. The van der Waals surface area contributed by atoms with Crippen molar-refractivity contribution >= 4 is 18.0 Å². The van der Waals surface area contributed by atoms with Crippen LogP contribution in [0.15, 0.2) is 48.5 Å². The van der Waals surface area contributed by atoms with Crippen LogP contribution in [0, 0.1) is 11.3 Å². The SMILES string of the molecule is CCC(CNC(=O)OCC1c2ccccc2-c2ccccc21)C(=O)NCC(C)(CC)C(=O)O. The molecule has 7 nitrogen and oxygen atoms in total. The zero-order valence-corrected chi connectivity index (χ0v) is 19.4. The molecule has 7 heteroatoms. The van der Waals surface area contributed by atoms with Gasteiger partial charge >= 0.3 is 12.1 Å². The Balaban J connectivity index is 1.53. The lowest BCUT2D eigenvalue weighted by molar-refractivity contribution is -0.148. The lowest BCUT2D eigenvalue weighted by Crippen LogP contribution is -2.45. The minimum Gasteiger partial charge on any atom is -0.481 e. The van der Waals surface area contributed by atoms with Gasteiger partial charge in [0.25, 0.3) is 0 Å². The van der Waals surface area contributed by atoms with E-state index in [-0.39, 0.29) is 31.5 Å². The molecule has 0 aliphatic heterocycles. The predicted octanol–water partition coefficient (Wildman–Crippen LogP) is 4.17. The van der Waals surface area contributed by atoms with E-state index < -0.39 is 23.4 Å². The Morgan fingerprint density at radius 1 is 1.00 bits per heavy atom. The number of carboxylic acid groups (broad SMARTS) is 1. The van der Waals surface area contributed by atoms with E-state index in [4.69, 9.17) is 4.74 Å². The fourth-order valence-corrected chi connectivity index (χ4v) is 4.06. The van der Waals surface area contributed by atoms with E-state index in [1.54, 1.807) is 13.8 Å². The smallest absolute Gasteiger partial charge is 0.407 e. The Bertz CT molecular complexity index is 976. The van der Waals surface area contributed by atoms with Crippen LogP contribution in [-0.2, 0) is 14.3 Å². The molecule has 2 aromatic carbocycles. The number of rotatable bonds is 10. The van der Waals surface area contributed by atoms with Crippen LogP contribution >= 0.6 is 0 Å². The maximum absolute atomic E-state index is 12.5. The molecule has 1 aliphatic carbocycles. The van der Waals surface area contributed by atoms with Gasteiger partial charge in [-0.3, -0.25) is 9.59 Å². The van der Waals surface area contributed by atoms with Gasteiger partial charge in [-0.2, -0.15) is 0 Å². The summed E-state index contributed by atoms with van der Waals surface area (Å²) in [6.07, 6.45) is 0.329. The highest BCUT2D eigenvalue weighted by Gasteiger charge is 2.32. The fourth-order valence-electron chi connectivity index (χ4n) is 4.06. The van der Waals surface area contributed by atoms with E-state index in [9.17, 15) is 19.5 Å². The summed E-state index contributed by atoms with van der Waals surface area (Å²) in [5.41, 5.74) is 3.56. The summed E-state index contributed by atoms with van der Waals surface area (Å²) in [7, 11) is 0. The first-order chi connectivity index (χ1) is 15.8. The van der Waals surface area contributed by atoms with Crippen LogP contribution in [0.4, 0.5) is 4.79 Å². The highest BCUT2D eigenvalue weighted by molar-refractivity contribution is 5.81. The molecule has 0 fully saturated rings. The third-order valence-electron chi connectivity index (χ3n) is 6.65. The number of carbonyl (C=O) groups excluding carboxylic acids is 2. The van der Waals surface area contributed by atoms with Crippen molar-refractivity contribution in [1.29, 1.82) is 0 Å². The quantitative estimate of drug-likeness (QED) is 0.502. The van der Waals surface area contributed by atoms with E-state index in [2.05, 4.69) is 34.9 Å². The van der Waals surface area contributed by atoms with Gasteiger partial charge in [0.1, 0.15) is 6.61 Å². The van der Waals surface area contributed by atoms with Gasteiger partial charge < -0.3 is 20.5 Å². The monoisotopic (exact) mass is 452 g/mol. The van der Waals surface area contributed by atoms with E-state index in [1.807, 2.05) is 31.2 Å². The lowest BCUT2D eigenvalue weighted by atomic mass is 9.87. The topological polar surface area (TPSA) is 105 Å². The molecule has 0 saturated carbocycles. The second kappa shape index (κ2) is 10.5. The van der Waals surface area contributed by atoms with E-state index in [0.717, 1.165) is 22.3 Å². The second-order valence-corrected chi connectivity index (χ2v) is 8.75. The van der Waals surface area contributed by atoms with E-state index in [0.29, 0.717) is 12.8 Å². The average Bonchev–Trinajstić information content (AvgIpc) is 3.15. The molecule has 2 atom stereocenters. The van der Waals surface area contributed by atoms with E-state index in [1.165, 1.54) is 0 Å². The maximum atomic E-state index is 12.5. The van der Waals surface area contributed by atoms with Crippen LogP contribution < -0.4 is 10.6 Å². The van der Waals surface area contributed by atoms with Crippen LogP contribution in [-0.4, -0.2) is 42.8 Å². The standard InChI is InChI=1S/C26H32N2O5/c1-4-17(23(29)28-16-26(3,5-2)24(30)31)14-27-25(32)33-15-22-20-12-8-6-10-18(20)19-11-7-9-13-21(19)22/h6-13,17,22H,4-5,14-16H2,1-3H3,(H,27,32)(H,28,29)(H,30,31). The normalized spacial score (nSPS) is 15.0. The van der Waals surface area contributed by atoms with Crippen LogP contribution in [0.2, 0.25) is 0 Å². The third kappa shape index (κ3) is 5.35. The summed E-state index contributed by atoms with van der Waals surface area (Å²) in [6, 6.07) is 16.2. The van der Waals surface area contributed by atoms with Crippen molar-refractivity contribution in [2.75, 3.05) is 19.7 Å². The Morgan fingerprint density at radius 2 is 1.58 bits per heavy atom. The molecule has 33 heavy (non-hydrogen) atoms. The van der Waals surface area contributed by atoms with Crippen LogP contribution in [0.3, 0.4) is 0 Å². The third-order valence-corrected chi connectivity index (χ3v) is 6.65. The molecule has 0 saturated heterocycles. The number of amides is 2. The number of carboxylic acids is 1. The van der Waals surface area contributed by atoms with Crippen molar-refractivity contribution in [3.8, 4) is 11.1 Å². The Kier molecular flexibility index (Phi) is 7.74. The summed E-state index contributed by atoms with van der Waals surface area (Å²) in [5, 5.41) is 14.8. The van der Waals surface area contributed by atoms with Crippen LogP contribution in [0.1, 0.15) is 50.7 Å². The van der Waals surface area contributed by atoms with Gasteiger partial charge in [-0.1, -0.05) is 62.4 Å². The average molecular weight is 453 g/mol. The molecule has 0 radical (unpaired) electrons. The Morgan fingerprint density at radius 3 is 2.09 bits per heavy atom. The molecule has 2 unspecified atom stereocenters. The van der Waals surface area contributed by atoms with Gasteiger partial charge in [0, 0.05) is 19.0 Å². The highest BCUT2D eigenvalue weighted by Crippen LogP contribution is 2.44. The number of alkyl carbamates (subject to hydrolysis) is 1. The molecule has 0 aromatic heterocycles. The largest absolute Gasteiger partial charge is 0.481 e. The number of nitrogens with one attached hydrogen (secondary N) is 2. The van der Waals surface area contributed by atoms with Crippen molar-refractivity contribution in [3.05, 3.63) is 59.7 Å². The molecule has 3 N–H and O–H groups in total. The second-order valence-electron chi connectivity index (χ2n) is 8.75. The minimum absolute atomic E-state index is 0.0313. The van der Waals surface area contributed by atoms with Crippen molar-refractivity contribution in [1.82, 2.24) is 10.6 Å². The highest BCUT2D eigenvalue weighted by atomic mass is 16.5. The van der Waals surface area contributed by atoms with Crippen molar-refractivity contribution < 1.29 is 24.2 Å². The number of fused-ring (bicyclic) bond motifs is 3. The summed E-state index contributed by atoms with van der Waals surface area (Å²) in [6.45, 7) is 5.59. The summed E-state index contributed by atoms with van der Waals surface area (Å²) in [5.74, 6) is -1.73. The molecule has 2 amide bonds. The zero-order chi connectivity index (χ0) is 24.0. The van der Waals surface area contributed by atoms with Crippen molar-refractivity contribution in [2.45, 2.75) is 39.5 Å². The van der Waals surface area contributed by atoms with Gasteiger partial charge in [-0.25, -0.2) is 4.79 Å². The number of aliphatic carboxylic acids is 1. The first-order valence-electron chi connectivity index (χ1n) is 11.4. The number of ether oxygens (including phenoxy) is 1. The number of benzene rings is 2. The van der Waals surface area contributed by atoms with Crippen molar-refractivity contribution in [2.24, 2.45) is 11.3 Å². The predicted molar refractivity (Wildman–Crippen MR) is 126 cm³/mol. The van der Waals surface area contributed by atoms with Crippen LogP contribution in [0.25, 0.3) is 11.1 Å². The molecule has 176 valence electrons. The van der Waals surface area contributed by atoms with Gasteiger partial charge in [0.05, 0.1) is 11.3 Å². The van der Waals surface area contributed by atoms with Gasteiger partial charge in [0.2, 0.25) is 5.91 Å². The van der Waals surface area contributed by atoms with Gasteiger partial charge in [-0.15, -0.1) is 0 Å². The minimum atomic E-state index is -1.02. The fraction of sp³-hybridized carbons (Fsp3) is 0.423. The molecule has 0 heterocycles. The molecule has 0 spiro atoms. The van der Waals surface area contributed by atoms with Gasteiger partial charge in [-0.05, 0) is 42.0 Å². The maximum Gasteiger partial charge on any atom is 0.407 e. The van der Waals surface area contributed by atoms with Crippen molar-refractivity contribution in [3.63, 3.8) is 0 Å². The zero-order valence-electron chi connectivity index (χ0n) is 19.4. The number of carbonyl (C=O) groups is 3.